The van der Waals surface area contributed by atoms with Crippen molar-refractivity contribution in [3.63, 3.8) is 0 Å². The molecule has 0 spiro atoms. The van der Waals surface area contributed by atoms with Crippen molar-refractivity contribution >= 4 is 16.9 Å². The topological polar surface area (TPSA) is 99.2 Å². The summed E-state index contributed by atoms with van der Waals surface area (Å²) in [6.45, 7) is 0.217. The van der Waals surface area contributed by atoms with Gasteiger partial charge in [-0.05, 0) is 12.1 Å². The number of rotatable bonds is 1. The molecular formula is C22H16N4O4. The Bertz CT molecular complexity index is 1450. The van der Waals surface area contributed by atoms with Gasteiger partial charge in [-0.1, -0.05) is 18.2 Å². The number of hydrogen-bond acceptors (Lipinski definition) is 6. The number of aryl methyl sites for hydroxylation is 1. The van der Waals surface area contributed by atoms with Crippen LogP contribution in [-0.4, -0.2) is 30.4 Å². The monoisotopic (exact) mass is 400 g/mol. The summed E-state index contributed by atoms with van der Waals surface area (Å²) in [5.74, 6) is -0.743. The lowest BCUT2D eigenvalue weighted by molar-refractivity contribution is -0.157. The number of aliphatic hydroxyl groups excluding tert-OH is 1. The number of hydrogen-bond donors (Lipinski definition) is 1. The third-order valence-electron chi connectivity index (χ3n) is 5.86. The van der Waals surface area contributed by atoms with Gasteiger partial charge >= 0.3 is 5.97 Å². The average Bonchev–Trinajstić information content (AvgIpc) is 3.33. The lowest BCUT2D eigenvalue weighted by Gasteiger charge is -2.21. The molecule has 148 valence electrons. The first kappa shape index (κ1) is 17.1. The van der Waals surface area contributed by atoms with Crippen LogP contribution in [0.4, 0.5) is 0 Å². The maximum atomic E-state index is 13.2. The first-order valence-electron chi connectivity index (χ1n) is 9.55. The molecule has 0 radical (unpaired) electrons. The summed E-state index contributed by atoms with van der Waals surface area (Å²) in [5, 5.41) is 15.6. The lowest BCUT2D eigenvalue weighted by atomic mass is 9.96. The van der Waals surface area contributed by atoms with E-state index in [0.717, 1.165) is 27.6 Å². The van der Waals surface area contributed by atoms with E-state index in [2.05, 4.69) is 5.10 Å². The number of aromatic nitrogens is 4. The molecule has 3 aromatic heterocycles. The molecule has 6 rings (SSSR count). The van der Waals surface area contributed by atoms with Gasteiger partial charge in [0.25, 0.3) is 5.56 Å². The maximum Gasteiger partial charge on any atom is 0.340 e. The Labute approximate surface area is 170 Å². The minimum absolute atomic E-state index is 0.133. The molecule has 2 aliphatic heterocycles. The Balaban J connectivity index is 1.69. The van der Waals surface area contributed by atoms with Gasteiger partial charge in [0, 0.05) is 40.9 Å². The fraction of sp³-hybridized carbons (Fsp3) is 0.182. The number of fused-ring (bicyclic) bond motifs is 5. The predicted molar refractivity (Wildman–Crippen MR) is 107 cm³/mol. The number of para-hydroxylation sites is 1. The standard InChI is InChI=1S/C22H16N4O4/c1-25-8-11(7-23-25)18-12-4-2-3-5-16(12)24-19-14(18)9-26-17(19)6-13-15(21(26)28)10-30-22(29)20(13)27/h2-8,20,27H,9-10H2,1H3/t20-/m0/s1. The van der Waals surface area contributed by atoms with E-state index in [1.54, 1.807) is 21.5 Å². The van der Waals surface area contributed by atoms with Crippen LogP contribution in [-0.2, 0) is 29.7 Å². The van der Waals surface area contributed by atoms with Gasteiger partial charge in [-0.3, -0.25) is 9.48 Å². The molecule has 1 aromatic carbocycles. The molecular weight excluding hydrogens is 384 g/mol. The third-order valence-corrected chi connectivity index (χ3v) is 5.86. The van der Waals surface area contributed by atoms with Crippen molar-refractivity contribution in [1.29, 1.82) is 0 Å². The SMILES string of the molecule is Cn1cc(-c2c3c(nc4ccccc24)-c2cc4c(c(=O)n2C3)COC(=O)[C@H]4O)cn1. The number of pyridine rings is 2. The highest BCUT2D eigenvalue weighted by Gasteiger charge is 2.34. The zero-order valence-electron chi connectivity index (χ0n) is 16.0. The Morgan fingerprint density at radius 1 is 1.20 bits per heavy atom. The molecule has 0 fully saturated rings. The van der Waals surface area contributed by atoms with Crippen molar-refractivity contribution < 1.29 is 14.6 Å². The van der Waals surface area contributed by atoms with Crippen LogP contribution >= 0.6 is 0 Å². The quantitative estimate of drug-likeness (QED) is 0.432. The Kier molecular flexibility index (Phi) is 3.35. The van der Waals surface area contributed by atoms with Crippen molar-refractivity contribution in [3.05, 3.63) is 69.8 Å². The first-order valence-corrected chi connectivity index (χ1v) is 9.55. The maximum absolute atomic E-state index is 13.2. The van der Waals surface area contributed by atoms with Crippen LogP contribution in [0.25, 0.3) is 33.4 Å². The predicted octanol–water partition coefficient (Wildman–Crippen LogP) is 1.92. The van der Waals surface area contributed by atoms with Crippen molar-refractivity contribution in [3.8, 4) is 22.5 Å². The van der Waals surface area contributed by atoms with E-state index >= 15 is 0 Å². The Morgan fingerprint density at radius 3 is 2.83 bits per heavy atom. The fourth-order valence-electron chi connectivity index (χ4n) is 4.45. The zero-order chi connectivity index (χ0) is 20.6. The molecule has 0 amide bonds. The summed E-state index contributed by atoms with van der Waals surface area (Å²) < 4.78 is 8.34. The zero-order valence-corrected chi connectivity index (χ0v) is 16.0. The molecule has 0 saturated carbocycles. The van der Waals surface area contributed by atoms with Gasteiger partial charge < -0.3 is 14.4 Å². The second kappa shape index (κ2) is 5.87. The van der Waals surface area contributed by atoms with Crippen molar-refractivity contribution in [2.24, 2.45) is 7.05 Å². The number of ether oxygens (including phenoxy) is 1. The number of esters is 1. The minimum Gasteiger partial charge on any atom is -0.458 e. The molecule has 8 nitrogen and oxygen atoms in total. The summed E-state index contributed by atoms with van der Waals surface area (Å²) in [7, 11) is 1.86. The van der Waals surface area contributed by atoms with Crippen molar-refractivity contribution in [2.75, 3.05) is 0 Å². The summed E-state index contributed by atoms with van der Waals surface area (Å²) in [5.41, 5.74) is 5.26. The van der Waals surface area contributed by atoms with Crippen LogP contribution < -0.4 is 5.56 Å². The van der Waals surface area contributed by atoms with Crippen molar-refractivity contribution in [2.45, 2.75) is 19.3 Å². The normalized spacial score (nSPS) is 16.9. The molecule has 0 bridgehead atoms. The Hall–Kier alpha value is -3.78. The second-order valence-electron chi connectivity index (χ2n) is 7.60. The van der Waals surface area contributed by atoms with E-state index < -0.39 is 12.1 Å². The van der Waals surface area contributed by atoms with E-state index in [1.807, 2.05) is 37.5 Å². The highest BCUT2D eigenvalue weighted by Crippen LogP contribution is 2.41. The summed E-state index contributed by atoms with van der Waals surface area (Å²) in [4.78, 5) is 29.9. The molecule has 1 atom stereocenters. The van der Waals surface area contributed by atoms with Crippen LogP contribution in [0, 0.1) is 0 Å². The van der Waals surface area contributed by atoms with Crippen LogP contribution in [0.1, 0.15) is 22.8 Å². The number of cyclic esters (lactones) is 1. The van der Waals surface area contributed by atoms with Gasteiger partial charge in [0.2, 0.25) is 0 Å². The van der Waals surface area contributed by atoms with Gasteiger partial charge in [0.15, 0.2) is 6.10 Å². The first-order chi connectivity index (χ1) is 14.5. The largest absolute Gasteiger partial charge is 0.458 e. The number of nitrogens with zero attached hydrogens (tertiary/aromatic N) is 4. The van der Waals surface area contributed by atoms with Gasteiger partial charge in [-0.15, -0.1) is 0 Å². The van der Waals surface area contributed by atoms with E-state index in [-0.39, 0.29) is 12.2 Å². The fourth-order valence-corrected chi connectivity index (χ4v) is 4.45. The molecule has 0 aliphatic carbocycles. The highest BCUT2D eigenvalue weighted by molar-refractivity contribution is 5.99. The molecule has 4 aromatic rings. The van der Waals surface area contributed by atoms with Gasteiger partial charge in [0.1, 0.15) is 6.61 Å². The molecule has 5 heterocycles. The van der Waals surface area contributed by atoms with E-state index in [9.17, 15) is 14.7 Å². The number of aliphatic hydroxyl groups is 1. The van der Waals surface area contributed by atoms with Crippen LogP contribution in [0.15, 0.2) is 47.5 Å². The van der Waals surface area contributed by atoms with E-state index in [4.69, 9.17) is 9.72 Å². The smallest absolute Gasteiger partial charge is 0.340 e. The molecule has 0 unspecified atom stereocenters. The number of carbonyl (C=O) groups is 1. The molecule has 8 heteroatoms. The van der Waals surface area contributed by atoms with Crippen LogP contribution in [0.5, 0.6) is 0 Å². The summed E-state index contributed by atoms with van der Waals surface area (Å²) in [6.07, 6.45) is 2.28. The average molecular weight is 400 g/mol. The molecule has 0 saturated heterocycles. The van der Waals surface area contributed by atoms with Crippen LogP contribution in [0.2, 0.25) is 0 Å². The summed E-state index contributed by atoms with van der Waals surface area (Å²) in [6, 6.07) is 9.52. The molecule has 30 heavy (non-hydrogen) atoms. The lowest BCUT2D eigenvalue weighted by Crippen LogP contribution is -2.32. The summed E-state index contributed by atoms with van der Waals surface area (Å²) >= 11 is 0. The van der Waals surface area contributed by atoms with E-state index in [0.29, 0.717) is 29.1 Å². The van der Waals surface area contributed by atoms with E-state index in [1.165, 1.54) is 0 Å². The van der Waals surface area contributed by atoms with Crippen molar-refractivity contribution in [1.82, 2.24) is 19.3 Å². The third kappa shape index (κ3) is 2.19. The highest BCUT2D eigenvalue weighted by atomic mass is 16.5. The van der Waals surface area contributed by atoms with Crippen LogP contribution in [0.3, 0.4) is 0 Å². The second-order valence-corrected chi connectivity index (χ2v) is 7.60. The van der Waals surface area contributed by atoms with Gasteiger partial charge in [0.05, 0.1) is 35.2 Å². The van der Waals surface area contributed by atoms with Gasteiger partial charge in [-0.25, -0.2) is 9.78 Å². The minimum atomic E-state index is -1.46. The number of carbonyl (C=O) groups excluding carboxylic acids is 1. The molecule has 1 N–H and O–H groups in total. The molecule has 2 aliphatic rings. The number of benzene rings is 1. The Morgan fingerprint density at radius 2 is 2.03 bits per heavy atom. The van der Waals surface area contributed by atoms with Gasteiger partial charge in [-0.2, -0.15) is 5.10 Å².